The maximum absolute atomic E-state index is 10.4. The minimum Gasteiger partial charge on any atom is -0.351 e. The summed E-state index contributed by atoms with van der Waals surface area (Å²) in [6, 6.07) is 0. The highest BCUT2D eigenvalue weighted by Crippen LogP contribution is 2.01. The number of nitrogens with one attached hydrogen (secondary N) is 1. The van der Waals surface area contributed by atoms with Crippen LogP contribution < -0.4 is 5.32 Å². The zero-order valence-corrected chi connectivity index (χ0v) is 7.77. The molecular weight excluding hydrogens is 166 g/mol. The number of thiocarbonyl (C=S) groups is 1. The Morgan fingerprint density at radius 2 is 2.30 bits per heavy atom. The van der Waals surface area contributed by atoms with Crippen LogP contribution >= 0.6 is 24.0 Å². The number of thioether (sulfide) groups is 1. The van der Waals surface area contributed by atoms with Crippen LogP contribution in [0.15, 0.2) is 0 Å². The Labute approximate surface area is 70.8 Å². The molecular formula is C6H11NOS2. The van der Waals surface area contributed by atoms with E-state index in [1.807, 2.05) is 6.92 Å². The second-order valence-electron chi connectivity index (χ2n) is 1.71. The molecule has 0 aliphatic rings. The van der Waals surface area contributed by atoms with Crippen molar-refractivity contribution in [2.45, 2.75) is 13.8 Å². The molecule has 0 spiro atoms. The summed E-state index contributed by atoms with van der Waals surface area (Å²) < 4.78 is 0.845. The molecule has 0 unspecified atom stereocenters. The van der Waals surface area contributed by atoms with Crippen LogP contribution in [0.5, 0.6) is 0 Å². The third-order valence-electron chi connectivity index (χ3n) is 0.787. The molecule has 0 rings (SSSR count). The number of carbonyl (C=O) groups excluding carboxylic acids is 1. The van der Waals surface area contributed by atoms with Crippen molar-refractivity contribution in [1.82, 2.24) is 5.32 Å². The highest BCUT2D eigenvalue weighted by molar-refractivity contribution is 8.23. The van der Waals surface area contributed by atoms with Crippen LogP contribution in [0, 0.1) is 0 Å². The van der Waals surface area contributed by atoms with E-state index < -0.39 is 0 Å². The van der Waals surface area contributed by atoms with Crippen LogP contribution in [0.4, 0.5) is 0 Å². The molecule has 1 amide bonds. The van der Waals surface area contributed by atoms with Gasteiger partial charge in [-0.1, -0.05) is 19.1 Å². The van der Waals surface area contributed by atoms with Gasteiger partial charge in [0.25, 0.3) is 0 Å². The number of amides is 1. The quantitative estimate of drug-likeness (QED) is 0.657. The molecule has 0 aliphatic carbocycles. The van der Waals surface area contributed by atoms with Crippen molar-refractivity contribution >= 4 is 34.1 Å². The SMILES string of the molecule is CCSC(=S)CNC(C)=O. The summed E-state index contributed by atoms with van der Waals surface area (Å²) in [6.07, 6.45) is 0. The van der Waals surface area contributed by atoms with Crippen molar-refractivity contribution in [1.29, 1.82) is 0 Å². The van der Waals surface area contributed by atoms with Crippen LogP contribution in [-0.2, 0) is 4.79 Å². The number of hydrogen-bond donors (Lipinski definition) is 1. The minimum absolute atomic E-state index is 0.0287. The predicted molar refractivity (Wildman–Crippen MR) is 49.4 cm³/mol. The van der Waals surface area contributed by atoms with Crippen LogP contribution in [0.3, 0.4) is 0 Å². The largest absolute Gasteiger partial charge is 0.351 e. The lowest BCUT2D eigenvalue weighted by molar-refractivity contribution is -0.118. The summed E-state index contributed by atoms with van der Waals surface area (Å²) in [5.41, 5.74) is 0. The molecule has 0 atom stereocenters. The maximum atomic E-state index is 10.4. The monoisotopic (exact) mass is 177 g/mol. The molecule has 10 heavy (non-hydrogen) atoms. The maximum Gasteiger partial charge on any atom is 0.217 e. The first-order chi connectivity index (χ1) is 4.66. The summed E-state index contributed by atoms with van der Waals surface area (Å²) >= 11 is 6.51. The molecule has 0 heterocycles. The van der Waals surface area contributed by atoms with Gasteiger partial charge in [-0.05, 0) is 5.75 Å². The average Bonchev–Trinajstić information content (AvgIpc) is 1.85. The summed E-state index contributed by atoms with van der Waals surface area (Å²) in [5.74, 6) is 0.942. The Hall–Kier alpha value is -0.0900. The van der Waals surface area contributed by atoms with Gasteiger partial charge in [0.2, 0.25) is 5.91 Å². The van der Waals surface area contributed by atoms with Crippen LogP contribution in [0.2, 0.25) is 0 Å². The lowest BCUT2D eigenvalue weighted by atomic mass is 10.6. The smallest absolute Gasteiger partial charge is 0.217 e. The van der Waals surface area contributed by atoms with Crippen LogP contribution in [0.25, 0.3) is 0 Å². The van der Waals surface area contributed by atoms with E-state index in [-0.39, 0.29) is 5.91 Å². The summed E-state index contributed by atoms with van der Waals surface area (Å²) in [6.45, 7) is 4.03. The van der Waals surface area contributed by atoms with E-state index in [1.54, 1.807) is 11.8 Å². The molecule has 0 fully saturated rings. The zero-order chi connectivity index (χ0) is 7.98. The first-order valence-corrected chi connectivity index (χ1v) is 4.46. The van der Waals surface area contributed by atoms with Crippen molar-refractivity contribution < 1.29 is 4.79 Å². The molecule has 0 aromatic heterocycles. The van der Waals surface area contributed by atoms with E-state index in [2.05, 4.69) is 5.32 Å². The van der Waals surface area contributed by atoms with Gasteiger partial charge in [-0.3, -0.25) is 4.79 Å². The highest BCUT2D eigenvalue weighted by Gasteiger charge is 1.95. The molecule has 0 aromatic carbocycles. The Kier molecular flexibility index (Phi) is 5.63. The topological polar surface area (TPSA) is 29.1 Å². The Morgan fingerprint density at radius 1 is 1.70 bits per heavy atom. The van der Waals surface area contributed by atoms with Gasteiger partial charge in [0.1, 0.15) is 0 Å². The van der Waals surface area contributed by atoms with Gasteiger partial charge in [-0.15, -0.1) is 11.8 Å². The molecule has 0 saturated carbocycles. The van der Waals surface area contributed by atoms with Gasteiger partial charge in [0.05, 0.1) is 10.7 Å². The number of rotatable bonds is 3. The van der Waals surface area contributed by atoms with Crippen molar-refractivity contribution in [3.8, 4) is 0 Å². The molecule has 0 bridgehead atoms. The van der Waals surface area contributed by atoms with Gasteiger partial charge >= 0.3 is 0 Å². The second-order valence-corrected chi connectivity index (χ2v) is 3.82. The highest BCUT2D eigenvalue weighted by atomic mass is 32.2. The molecule has 58 valence electrons. The van der Waals surface area contributed by atoms with Gasteiger partial charge in [-0.2, -0.15) is 0 Å². The lowest BCUT2D eigenvalue weighted by Gasteiger charge is -2.00. The van der Waals surface area contributed by atoms with Gasteiger partial charge in [-0.25, -0.2) is 0 Å². The zero-order valence-electron chi connectivity index (χ0n) is 6.14. The van der Waals surface area contributed by atoms with Gasteiger partial charge in [0, 0.05) is 6.92 Å². The van der Waals surface area contributed by atoms with E-state index in [4.69, 9.17) is 12.2 Å². The van der Waals surface area contributed by atoms with Gasteiger partial charge < -0.3 is 5.32 Å². The van der Waals surface area contributed by atoms with Gasteiger partial charge in [0.15, 0.2) is 0 Å². The summed E-state index contributed by atoms with van der Waals surface area (Å²) in [7, 11) is 0. The van der Waals surface area contributed by atoms with E-state index >= 15 is 0 Å². The van der Waals surface area contributed by atoms with E-state index in [0.717, 1.165) is 9.95 Å². The predicted octanol–water partition coefficient (Wildman–Crippen LogP) is 1.20. The molecule has 1 N–H and O–H groups in total. The Morgan fingerprint density at radius 3 is 2.70 bits per heavy atom. The van der Waals surface area contributed by atoms with Crippen molar-refractivity contribution in [3.63, 3.8) is 0 Å². The van der Waals surface area contributed by atoms with Crippen LogP contribution in [0.1, 0.15) is 13.8 Å². The fourth-order valence-corrected chi connectivity index (χ4v) is 1.33. The normalized spacial score (nSPS) is 9.00. The fraction of sp³-hybridized carbons (Fsp3) is 0.667. The Bertz CT molecular complexity index is 136. The van der Waals surface area contributed by atoms with Crippen molar-refractivity contribution in [2.24, 2.45) is 0 Å². The molecule has 2 nitrogen and oxygen atoms in total. The standard InChI is InChI=1S/C6H11NOS2/c1-3-10-6(9)4-7-5(2)8/h3-4H2,1-2H3,(H,7,8). The molecule has 4 heteroatoms. The van der Waals surface area contributed by atoms with E-state index in [1.165, 1.54) is 6.92 Å². The van der Waals surface area contributed by atoms with E-state index in [0.29, 0.717) is 6.54 Å². The first-order valence-electron chi connectivity index (χ1n) is 3.07. The third kappa shape index (κ3) is 6.04. The molecule has 0 radical (unpaired) electrons. The number of carbonyl (C=O) groups is 1. The first kappa shape index (κ1) is 9.91. The fourth-order valence-electron chi connectivity index (χ4n) is 0.409. The second kappa shape index (κ2) is 5.68. The summed E-state index contributed by atoms with van der Waals surface area (Å²) in [5, 5.41) is 2.63. The molecule has 0 saturated heterocycles. The molecule has 0 aliphatic heterocycles. The van der Waals surface area contributed by atoms with Crippen molar-refractivity contribution in [3.05, 3.63) is 0 Å². The molecule has 0 aromatic rings. The summed E-state index contributed by atoms with van der Waals surface area (Å²) in [4.78, 5) is 10.4. The Balaban J connectivity index is 3.30. The average molecular weight is 177 g/mol. The lowest BCUT2D eigenvalue weighted by Crippen LogP contribution is -2.24. The van der Waals surface area contributed by atoms with Crippen molar-refractivity contribution in [2.75, 3.05) is 12.3 Å². The third-order valence-corrected chi connectivity index (χ3v) is 2.04. The minimum atomic E-state index is -0.0287. The van der Waals surface area contributed by atoms with Crippen LogP contribution in [-0.4, -0.2) is 22.4 Å². The number of hydrogen-bond acceptors (Lipinski definition) is 3. The van der Waals surface area contributed by atoms with E-state index in [9.17, 15) is 4.79 Å².